The highest BCUT2D eigenvalue weighted by Crippen LogP contribution is 2.36. The van der Waals surface area contributed by atoms with Gasteiger partial charge in [0.1, 0.15) is 5.82 Å². The number of piperidine rings is 1. The van der Waals surface area contributed by atoms with E-state index in [1.165, 1.54) is 12.1 Å². The first kappa shape index (κ1) is 14.2. The fourth-order valence-corrected chi connectivity index (χ4v) is 3.09. The summed E-state index contributed by atoms with van der Waals surface area (Å²) < 4.78 is 13.4. The fraction of sp³-hybridized carbons (Fsp3) is 0.562. The Kier molecular flexibility index (Phi) is 4.35. The van der Waals surface area contributed by atoms with Gasteiger partial charge in [-0.1, -0.05) is 19.4 Å². The molecule has 1 unspecified atom stereocenters. The van der Waals surface area contributed by atoms with E-state index in [2.05, 4.69) is 12.2 Å². The van der Waals surface area contributed by atoms with Crippen LogP contribution in [-0.2, 0) is 0 Å². The molecule has 0 aromatic heterocycles. The van der Waals surface area contributed by atoms with Gasteiger partial charge in [-0.3, -0.25) is 4.79 Å². The molecule has 1 N–H and O–H groups in total. The van der Waals surface area contributed by atoms with Crippen LogP contribution in [0.5, 0.6) is 0 Å². The Balaban J connectivity index is 2.36. The number of carbonyl (C=O) groups is 1. The van der Waals surface area contributed by atoms with E-state index in [1.54, 1.807) is 6.07 Å². The smallest absolute Gasteiger partial charge is 0.170 e. The first-order chi connectivity index (χ1) is 9.09. The summed E-state index contributed by atoms with van der Waals surface area (Å²) >= 11 is 0. The van der Waals surface area contributed by atoms with Crippen LogP contribution < -0.4 is 5.32 Å². The maximum absolute atomic E-state index is 13.4. The molecule has 0 spiro atoms. The first-order valence-corrected chi connectivity index (χ1v) is 7.11. The third kappa shape index (κ3) is 2.86. The maximum atomic E-state index is 13.4. The van der Waals surface area contributed by atoms with Crippen LogP contribution in [0.1, 0.15) is 48.5 Å². The molecule has 1 aliphatic heterocycles. The molecule has 0 aliphatic carbocycles. The molecular weight excluding hydrogens is 241 g/mol. The lowest BCUT2D eigenvalue weighted by atomic mass is 9.71. The summed E-state index contributed by atoms with van der Waals surface area (Å²) in [6.45, 7) is 5.67. The average Bonchev–Trinajstić information content (AvgIpc) is 2.42. The van der Waals surface area contributed by atoms with Crippen molar-refractivity contribution in [1.82, 2.24) is 5.32 Å². The van der Waals surface area contributed by atoms with Gasteiger partial charge in [0.25, 0.3) is 0 Å². The molecular formula is C16H22FNO. The quantitative estimate of drug-likeness (QED) is 0.843. The van der Waals surface area contributed by atoms with Crippen molar-refractivity contribution in [2.75, 3.05) is 13.1 Å². The minimum Gasteiger partial charge on any atom is -0.316 e. The number of hydrogen-bond donors (Lipinski definition) is 1. The van der Waals surface area contributed by atoms with E-state index >= 15 is 0 Å². The number of Topliss-reactive ketones (excluding diaryl/α,β-unsaturated/α-hetero) is 1. The summed E-state index contributed by atoms with van der Waals surface area (Å²) in [6.07, 6.45) is 3.76. The number of benzene rings is 1. The van der Waals surface area contributed by atoms with Gasteiger partial charge in [-0.05, 0) is 50.4 Å². The van der Waals surface area contributed by atoms with Crippen molar-refractivity contribution in [2.24, 2.45) is 5.41 Å². The largest absolute Gasteiger partial charge is 0.316 e. The molecule has 2 rings (SSSR count). The van der Waals surface area contributed by atoms with Gasteiger partial charge in [-0.25, -0.2) is 4.39 Å². The van der Waals surface area contributed by atoms with Gasteiger partial charge in [0.2, 0.25) is 0 Å². The van der Waals surface area contributed by atoms with Crippen LogP contribution in [0.15, 0.2) is 18.2 Å². The molecule has 1 atom stereocenters. The van der Waals surface area contributed by atoms with E-state index in [-0.39, 0.29) is 17.0 Å². The van der Waals surface area contributed by atoms with Crippen molar-refractivity contribution in [2.45, 2.75) is 39.5 Å². The minimum absolute atomic E-state index is 0.110. The number of ketones is 1. The highest BCUT2D eigenvalue weighted by Gasteiger charge is 2.39. The van der Waals surface area contributed by atoms with Crippen molar-refractivity contribution < 1.29 is 9.18 Å². The fourth-order valence-electron chi connectivity index (χ4n) is 3.09. The van der Waals surface area contributed by atoms with Crippen molar-refractivity contribution in [3.8, 4) is 0 Å². The molecule has 1 fully saturated rings. The van der Waals surface area contributed by atoms with Gasteiger partial charge in [-0.2, -0.15) is 0 Å². The van der Waals surface area contributed by atoms with Crippen molar-refractivity contribution in [1.29, 1.82) is 0 Å². The Morgan fingerprint density at radius 2 is 2.26 bits per heavy atom. The van der Waals surface area contributed by atoms with Gasteiger partial charge < -0.3 is 5.32 Å². The topological polar surface area (TPSA) is 29.1 Å². The molecule has 0 saturated carbocycles. The first-order valence-electron chi connectivity index (χ1n) is 7.11. The molecule has 1 saturated heterocycles. The summed E-state index contributed by atoms with van der Waals surface area (Å²) in [5.41, 5.74) is 1.08. The molecule has 1 aliphatic rings. The number of aryl methyl sites for hydroxylation is 1. The lowest BCUT2D eigenvalue weighted by Gasteiger charge is -2.36. The predicted octanol–water partition coefficient (Wildman–Crippen LogP) is 3.49. The van der Waals surface area contributed by atoms with Crippen molar-refractivity contribution >= 4 is 5.78 Å². The average molecular weight is 263 g/mol. The number of hydrogen-bond acceptors (Lipinski definition) is 2. The third-order valence-electron chi connectivity index (χ3n) is 4.13. The maximum Gasteiger partial charge on any atom is 0.170 e. The monoisotopic (exact) mass is 263 g/mol. The van der Waals surface area contributed by atoms with E-state index in [0.717, 1.165) is 44.3 Å². The summed E-state index contributed by atoms with van der Waals surface area (Å²) in [6, 6.07) is 4.50. The molecule has 0 amide bonds. The number of carbonyl (C=O) groups excluding carboxylic acids is 1. The summed E-state index contributed by atoms with van der Waals surface area (Å²) in [5.74, 6) is -0.220. The van der Waals surface area contributed by atoms with Crippen molar-refractivity contribution in [3.05, 3.63) is 35.1 Å². The highest BCUT2D eigenvalue weighted by molar-refractivity contribution is 6.02. The second kappa shape index (κ2) is 5.83. The summed E-state index contributed by atoms with van der Waals surface area (Å²) in [7, 11) is 0. The van der Waals surface area contributed by atoms with Crippen LogP contribution in [0.3, 0.4) is 0 Å². The molecule has 1 heterocycles. The minimum atomic E-state index is -0.342. The summed E-state index contributed by atoms with van der Waals surface area (Å²) in [5, 5.41) is 3.33. The van der Waals surface area contributed by atoms with Crippen LogP contribution >= 0.6 is 0 Å². The number of halogens is 1. The molecule has 1 aromatic carbocycles. The van der Waals surface area contributed by atoms with Gasteiger partial charge in [0.15, 0.2) is 5.78 Å². The lowest BCUT2D eigenvalue weighted by molar-refractivity contribution is 0.0716. The summed E-state index contributed by atoms with van der Waals surface area (Å²) in [4.78, 5) is 12.9. The van der Waals surface area contributed by atoms with Gasteiger partial charge in [-0.15, -0.1) is 0 Å². The highest BCUT2D eigenvalue weighted by atomic mass is 19.1. The number of rotatable bonds is 4. The second-order valence-electron chi connectivity index (χ2n) is 5.60. The van der Waals surface area contributed by atoms with E-state index in [1.807, 2.05) is 6.92 Å². The van der Waals surface area contributed by atoms with E-state index in [9.17, 15) is 9.18 Å². The van der Waals surface area contributed by atoms with Crippen molar-refractivity contribution in [3.63, 3.8) is 0 Å². The number of nitrogens with one attached hydrogen (secondary N) is 1. The van der Waals surface area contributed by atoms with Crippen LogP contribution in [0.2, 0.25) is 0 Å². The molecule has 2 nitrogen and oxygen atoms in total. The Labute approximate surface area is 114 Å². The van der Waals surface area contributed by atoms with Crippen LogP contribution in [0.4, 0.5) is 4.39 Å². The molecule has 3 heteroatoms. The third-order valence-corrected chi connectivity index (χ3v) is 4.13. The lowest BCUT2D eigenvalue weighted by Crippen LogP contribution is -2.45. The van der Waals surface area contributed by atoms with Gasteiger partial charge in [0, 0.05) is 17.5 Å². The zero-order valence-corrected chi connectivity index (χ0v) is 11.8. The van der Waals surface area contributed by atoms with E-state index in [4.69, 9.17) is 0 Å². The molecule has 0 bridgehead atoms. The van der Waals surface area contributed by atoms with Crippen LogP contribution in [0, 0.1) is 18.2 Å². The Morgan fingerprint density at radius 3 is 2.89 bits per heavy atom. The SMILES string of the molecule is CCCC1(C(=O)c2cc(F)ccc2C)CCCNC1. The Hall–Kier alpha value is -1.22. The zero-order valence-electron chi connectivity index (χ0n) is 11.8. The molecule has 19 heavy (non-hydrogen) atoms. The van der Waals surface area contributed by atoms with E-state index in [0.29, 0.717) is 5.56 Å². The Morgan fingerprint density at radius 1 is 1.47 bits per heavy atom. The molecule has 104 valence electrons. The second-order valence-corrected chi connectivity index (χ2v) is 5.60. The standard InChI is InChI=1S/C16H22FNO/c1-3-7-16(8-4-9-18-11-16)15(19)14-10-13(17)6-5-12(14)2/h5-6,10,18H,3-4,7-9,11H2,1-2H3. The van der Waals surface area contributed by atoms with E-state index < -0.39 is 0 Å². The Bertz CT molecular complexity index is 458. The molecule has 1 aromatic rings. The predicted molar refractivity (Wildman–Crippen MR) is 74.9 cm³/mol. The van der Waals surface area contributed by atoms with Crippen LogP contribution in [-0.4, -0.2) is 18.9 Å². The zero-order chi connectivity index (χ0) is 13.9. The van der Waals surface area contributed by atoms with Gasteiger partial charge >= 0.3 is 0 Å². The van der Waals surface area contributed by atoms with Gasteiger partial charge in [0.05, 0.1) is 0 Å². The van der Waals surface area contributed by atoms with Crippen LogP contribution in [0.25, 0.3) is 0 Å². The normalized spacial score (nSPS) is 23.3. The molecule has 0 radical (unpaired) electrons.